The van der Waals surface area contributed by atoms with Crippen LogP contribution in [-0.4, -0.2) is 5.96 Å². The molecule has 0 aromatic heterocycles. The van der Waals surface area contributed by atoms with Crippen LogP contribution in [0.15, 0.2) is 58.0 Å². The summed E-state index contributed by atoms with van der Waals surface area (Å²) >= 11 is 3.41. The summed E-state index contributed by atoms with van der Waals surface area (Å²) in [7, 11) is 0. The van der Waals surface area contributed by atoms with Crippen LogP contribution in [-0.2, 0) is 13.0 Å². The van der Waals surface area contributed by atoms with Crippen LogP contribution >= 0.6 is 15.9 Å². The molecule has 0 saturated heterocycles. The van der Waals surface area contributed by atoms with Crippen molar-refractivity contribution < 1.29 is 0 Å². The maximum atomic E-state index is 5.90. The molecular formula is C16H18BrN3. The van der Waals surface area contributed by atoms with Crippen molar-refractivity contribution in [2.75, 3.05) is 5.32 Å². The minimum atomic E-state index is 0.432. The van der Waals surface area contributed by atoms with E-state index in [9.17, 15) is 0 Å². The average molecular weight is 332 g/mol. The molecule has 0 bridgehead atoms. The summed E-state index contributed by atoms with van der Waals surface area (Å²) in [5, 5.41) is 3.12. The van der Waals surface area contributed by atoms with Gasteiger partial charge in [-0.15, -0.1) is 0 Å². The summed E-state index contributed by atoms with van der Waals surface area (Å²) < 4.78 is 1.06. The summed E-state index contributed by atoms with van der Waals surface area (Å²) in [6.07, 6.45) is 1.01. The van der Waals surface area contributed by atoms with Crippen molar-refractivity contribution in [3.05, 3.63) is 64.1 Å². The van der Waals surface area contributed by atoms with Gasteiger partial charge in [0, 0.05) is 10.2 Å². The summed E-state index contributed by atoms with van der Waals surface area (Å²) in [5.74, 6) is 0.432. The van der Waals surface area contributed by atoms with Crippen molar-refractivity contribution in [3.63, 3.8) is 0 Å². The minimum absolute atomic E-state index is 0.432. The van der Waals surface area contributed by atoms with Crippen molar-refractivity contribution in [1.82, 2.24) is 0 Å². The van der Waals surface area contributed by atoms with E-state index in [2.05, 4.69) is 45.3 Å². The number of halogens is 1. The lowest BCUT2D eigenvalue weighted by atomic mass is 10.1. The Hall–Kier alpha value is -1.81. The molecule has 0 amide bonds. The van der Waals surface area contributed by atoms with Gasteiger partial charge in [0.15, 0.2) is 5.96 Å². The van der Waals surface area contributed by atoms with Gasteiger partial charge in [-0.3, -0.25) is 0 Å². The molecule has 0 atom stereocenters. The number of nitrogens with one attached hydrogen (secondary N) is 1. The number of aliphatic imine (C=N–C) groups is 1. The third-order valence-electron chi connectivity index (χ3n) is 2.95. The second-order valence-corrected chi connectivity index (χ2v) is 5.42. The van der Waals surface area contributed by atoms with Crippen LogP contribution in [0.2, 0.25) is 0 Å². The fraction of sp³-hybridized carbons (Fsp3) is 0.188. The molecule has 0 fully saturated rings. The van der Waals surface area contributed by atoms with Crippen molar-refractivity contribution in [3.8, 4) is 0 Å². The number of anilines is 1. The van der Waals surface area contributed by atoms with Crippen molar-refractivity contribution in [2.45, 2.75) is 19.9 Å². The Morgan fingerprint density at radius 1 is 1.15 bits per heavy atom. The molecule has 2 rings (SSSR count). The first kappa shape index (κ1) is 14.6. The van der Waals surface area contributed by atoms with Gasteiger partial charge in [-0.1, -0.05) is 47.1 Å². The summed E-state index contributed by atoms with van der Waals surface area (Å²) in [5.41, 5.74) is 9.28. The van der Waals surface area contributed by atoms with E-state index < -0.39 is 0 Å². The predicted octanol–water partition coefficient (Wildman–Crippen LogP) is 3.94. The predicted molar refractivity (Wildman–Crippen MR) is 88.9 cm³/mol. The standard InChI is InChI=1S/C16H18BrN3/c1-2-12-4-3-5-15(10-12)20-16(18)19-11-13-6-8-14(17)9-7-13/h3-10H,2,11H2,1H3,(H3,18,19,20). The first-order valence-corrected chi connectivity index (χ1v) is 7.37. The molecule has 0 saturated carbocycles. The highest BCUT2D eigenvalue weighted by Gasteiger charge is 1.97. The van der Waals surface area contributed by atoms with Gasteiger partial charge in [0.25, 0.3) is 0 Å². The first-order chi connectivity index (χ1) is 9.67. The summed E-state index contributed by atoms with van der Waals surface area (Å²) in [6.45, 7) is 2.70. The molecule has 3 N–H and O–H groups in total. The van der Waals surface area contributed by atoms with Crippen LogP contribution in [0.5, 0.6) is 0 Å². The van der Waals surface area contributed by atoms with Gasteiger partial charge < -0.3 is 11.1 Å². The van der Waals surface area contributed by atoms with Crippen LogP contribution < -0.4 is 11.1 Å². The van der Waals surface area contributed by atoms with E-state index in [0.29, 0.717) is 12.5 Å². The number of benzene rings is 2. The quantitative estimate of drug-likeness (QED) is 0.658. The lowest BCUT2D eigenvalue weighted by Crippen LogP contribution is -2.22. The molecule has 20 heavy (non-hydrogen) atoms. The summed E-state index contributed by atoms with van der Waals surface area (Å²) in [6, 6.07) is 16.2. The molecule has 104 valence electrons. The Kier molecular flexibility index (Phi) is 5.18. The van der Waals surface area contributed by atoms with E-state index in [1.807, 2.05) is 36.4 Å². The zero-order valence-corrected chi connectivity index (χ0v) is 13.0. The second kappa shape index (κ2) is 7.10. The number of aryl methyl sites for hydroxylation is 1. The number of nitrogens with two attached hydrogens (primary N) is 1. The molecule has 3 nitrogen and oxygen atoms in total. The molecular weight excluding hydrogens is 314 g/mol. The third kappa shape index (κ3) is 4.38. The van der Waals surface area contributed by atoms with Gasteiger partial charge in [-0.25, -0.2) is 4.99 Å². The zero-order chi connectivity index (χ0) is 14.4. The molecule has 0 aliphatic carbocycles. The van der Waals surface area contributed by atoms with Gasteiger partial charge in [0.1, 0.15) is 0 Å². The van der Waals surface area contributed by atoms with Crippen LogP contribution in [0.4, 0.5) is 5.69 Å². The van der Waals surface area contributed by atoms with E-state index in [4.69, 9.17) is 5.73 Å². The fourth-order valence-electron chi connectivity index (χ4n) is 1.82. The molecule has 0 heterocycles. The van der Waals surface area contributed by atoms with Gasteiger partial charge >= 0.3 is 0 Å². The lowest BCUT2D eigenvalue weighted by Gasteiger charge is -2.07. The topological polar surface area (TPSA) is 50.4 Å². The molecule has 2 aromatic rings. The van der Waals surface area contributed by atoms with Crippen molar-refractivity contribution in [1.29, 1.82) is 0 Å². The maximum absolute atomic E-state index is 5.90. The number of hydrogen-bond acceptors (Lipinski definition) is 1. The number of rotatable bonds is 4. The molecule has 0 aliphatic heterocycles. The first-order valence-electron chi connectivity index (χ1n) is 6.57. The van der Waals surface area contributed by atoms with Crippen LogP contribution in [0, 0.1) is 0 Å². The zero-order valence-electron chi connectivity index (χ0n) is 11.4. The third-order valence-corrected chi connectivity index (χ3v) is 3.48. The Labute approximate surface area is 128 Å². The van der Waals surface area contributed by atoms with Gasteiger partial charge in [-0.2, -0.15) is 0 Å². The monoisotopic (exact) mass is 331 g/mol. The van der Waals surface area contributed by atoms with Crippen molar-refractivity contribution >= 4 is 27.6 Å². The number of nitrogens with zero attached hydrogens (tertiary/aromatic N) is 1. The van der Waals surface area contributed by atoms with E-state index >= 15 is 0 Å². The highest BCUT2D eigenvalue weighted by atomic mass is 79.9. The highest BCUT2D eigenvalue weighted by molar-refractivity contribution is 9.10. The molecule has 2 aromatic carbocycles. The Morgan fingerprint density at radius 2 is 1.90 bits per heavy atom. The Morgan fingerprint density at radius 3 is 2.60 bits per heavy atom. The van der Waals surface area contributed by atoms with Crippen LogP contribution in [0.25, 0.3) is 0 Å². The van der Waals surface area contributed by atoms with Crippen molar-refractivity contribution in [2.24, 2.45) is 10.7 Å². The normalized spacial score (nSPS) is 11.4. The fourth-order valence-corrected chi connectivity index (χ4v) is 2.09. The average Bonchev–Trinajstić information content (AvgIpc) is 2.47. The highest BCUT2D eigenvalue weighted by Crippen LogP contribution is 2.12. The number of guanidine groups is 1. The van der Waals surface area contributed by atoms with E-state index in [1.165, 1.54) is 5.56 Å². The molecule has 4 heteroatoms. The smallest absolute Gasteiger partial charge is 0.193 e. The molecule has 0 unspecified atom stereocenters. The lowest BCUT2D eigenvalue weighted by molar-refractivity contribution is 1.06. The molecule has 0 radical (unpaired) electrons. The maximum Gasteiger partial charge on any atom is 0.193 e. The Bertz CT molecular complexity index is 591. The van der Waals surface area contributed by atoms with Crippen LogP contribution in [0.1, 0.15) is 18.1 Å². The van der Waals surface area contributed by atoms with E-state index in [0.717, 1.165) is 22.1 Å². The summed E-state index contributed by atoms with van der Waals surface area (Å²) in [4.78, 5) is 4.34. The Balaban J connectivity index is 1.98. The van der Waals surface area contributed by atoms with Crippen LogP contribution in [0.3, 0.4) is 0 Å². The minimum Gasteiger partial charge on any atom is -0.370 e. The van der Waals surface area contributed by atoms with E-state index in [-0.39, 0.29) is 0 Å². The van der Waals surface area contributed by atoms with Gasteiger partial charge in [-0.05, 0) is 41.8 Å². The van der Waals surface area contributed by atoms with Gasteiger partial charge in [0.2, 0.25) is 0 Å². The van der Waals surface area contributed by atoms with E-state index in [1.54, 1.807) is 0 Å². The van der Waals surface area contributed by atoms with Gasteiger partial charge in [0.05, 0.1) is 6.54 Å². The second-order valence-electron chi connectivity index (χ2n) is 4.51. The molecule has 0 aliphatic rings. The molecule has 0 spiro atoms. The largest absolute Gasteiger partial charge is 0.370 e. The SMILES string of the molecule is CCc1cccc(NC(N)=NCc2ccc(Br)cc2)c1. The number of hydrogen-bond donors (Lipinski definition) is 2.